The lowest BCUT2D eigenvalue weighted by atomic mass is 10.2. The van der Waals surface area contributed by atoms with Gasteiger partial charge in [-0.2, -0.15) is 0 Å². The minimum absolute atomic E-state index is 0.0280. The van der Waals surface area contributed by atoms with Crippen LogP contribution in [0.4, 0.5) is 9.80 Å². The second-order valence-electron chi connectivity index (χ2n) is 4.50. The van der Waals surface area contributed by atoms with E-state index in [1.807, 2.05) is 34.5 Å². The predicted molar refractivity (Wildman–Crippen MR) is 91.7 cm³/mol. The van der Waals surface area contributed by atoms with Crippen LogP contribution in [0.1, 0.15) is 10.9 Å². The summed E-state index contributed by atoms with van der Waals surface area (Å²) in [6.07, 6.45) is 0. The normalized spacial score (nSPS) is 18.0. The monoisotopic (exact) mass is 358 g/mol. The van der Waals surface area contributed by atoms with E-state index in [4.69, 9.17) is 23.2 Å². The molecule has 1 aromatic heterocycles. The van der Waals surface area contributed by atoms with Crippen molar-refractivity contribution < 1.29 is 4.79 Å². The molecule has 0 aliphatic carbocycles. The Balaban J connectivity index is 1.78. The molecule has 1 atom stereocenters. The van der Waals surface area contributed by atoms with Gasteiger partial charge in [0.15, 0.2) is 0 Å². The van der Waals surface area contributed by atoms with E-state index >= 15 is 0 Å². The molecular weight excluding hydrogens is 347 g/mol. The third-order valence-electron chi connectivity index (χ3n) is 3.13. The van der Waals surface area contributed by atoms with Crippen molar-refractivity contribution >= 4 is 57.3 Å². The van der Waals surface area contributed by atoms with Gasteiger partial charge in [0, 0.05) is 12.3 Å². The predicted octanol–water partition coefficient (Wildman–Crippen LogP) is 5.33. The number of nitrogens with one attached hydrogen (secondary N) is 1. The number of hydrogen-bond acceptors (Lipinski definition) is 3. The minimum Gasteiger partial charge on any atom is -0.308 e. The van der Waals surface area contributed by atoms with Crippen LogP contribution in [0.2, 0.25) is 10.0 Å². The van der Waals surface area contributed by atoms with Crippen LogP contribution < -0.4 is 5.32 Å². The first-order valence-corrected chi connectivity index (χ1v) is 9.01. The smallest absolute Gasteiger partial charge is 0.308 e. The number of thioether (sulfide) groups is 1. The fourth-order valence-corrected chi connectivity index (χ4v) is 4.31. The first-order valence-electron chi connectivity index (χ1n) is 6.33. The molecule has 0 unspecified atom stereocenters. The summed E-state index contributed by atoms with van der Waals surface area (Å²) in [5, 5.41) is 6.72. The van der Waals surface area contributed by atoms with Crippen molar-refractivity contribution in [2.45, 2.75) is 5.37 Å². The zero-order valence-corrected chi connectivity index (χ0v) is 14.0. The van der Waals surface area contributed by atoms with Crippen LogP contribution >= 0.6 is 46.3 Å². The Bertz CT molecular complexity index is 648. The summed E-state index contributed by atoms with van der Waals surface area (Å²) in [5.74, 6) is 0.906. The van der Waals surface area contributed by atoms with E-state index in [9.17, 15) is 4.79 Å². The van der Waals surface area contributed by atoms with E-state index in [1.165, 1.54) is 11.3 Å². The lowest BCUT2D eigenvalue weighted by Crippen LogP contribution is -2.34. The van der Waals surface area contributed by atoms with Gasteiger partial charge in [0.2, 0.25) is 0 Å². The zero-order valence-electron chi connectivity index (χ0n) is 10.9. The van der Waals surface area contributed by atoms with E-state index in [0.717, 1.165) is 16.3 Å². The topological polar surface area (TPSA) is 32.3 Å². The van der Waals surface area contributed by atoms with E-state index < -0.39 is 0 Å². The first kappa shape index (κ1) is 15.0. The summed E-state index contributed by atoms with van der Waals surface area (Å²) in [7, 11) is 0. The Morgan fingerprint density at radius 1 is 1.29 bits per heavy atom. The highest BCUT2D eigenvalue weighted by Crippen LogP contribution is 2.40. The van der Waals surface area contributed by atoms with Gasteiger partial charge in [-0.25, -0.2) is 4.79 Å². The van der Waals surface area contributed by atoms with Crippen molar-refractivity contribution in [2.75, 3.05) is 17.6 Å². The lowest BCUT2D eigenvalue weighted by molar-refractivity contribution is 0.214. The van der Waals surface area contributed by atoms with Gasteiger partial charge >= 0.3 is 6.03 Å². The largest absolute Gasteiger partial charge is 0.323 e. The van der Waals surface area contributed by atoms with Crippen molar-refractivity contribution in [3.8, 4) is 0 Å². The average molecular weight is 359 g/mol. The SMILES string of the molecule is O=C(Nc1cccs1)N1CCS[C@@H]1c1ccc(Cl)c(Cl)c1. The van der Waals surface area contributed by atoms with Gasteiger partial charge in [-0.15, -0.1) is 23.1 Å². The van der Waals surface area contributed by atoms with Crippen molar-refractivity contribution in [1.82, 2.24) is 4.90 Å². The number of hydrogen-bond donors (Lipinski definition) is 1. The number of rotatable bonds is 2. The molecule has 0 saturated carbocycles. The number of benzene rings is 1. The van der Waals surface area contributed by atoms with Crippen LogP contribution in [-0.4, -0.2) is 23.2 Å². The van der Waals surface area contributed by atoms with E-state index in [2.05, 4.69) is 5.32 Å². The molecule has 1 aliphatic rings. The summed E-state index contributed by atoms with van der Waals surface area (Å²) < 4.78 is 0. The molecule has 3 rings (SSSR count). The fourth-order valence-electron chi connectivity index (χ4n) is 2.15. The van der Waals surface area contributed by atoms with Crippen LogP contribution in [0.3, 0.4) is 0 Å². The van der Waals surface area contributed by atoms with E-state index in [-0.39, 0.29) is 11.4 Å². The quantitative estimate of drug-likeness (QED) is 0.786. The molecule has 1 saturated heterocycles. The molecule has 1 aromatic carbocycles. The van der Waals surface area contributed by atoms with E-state index in [0.29, 0.717) is 16.6 Å². The maximum absolute atomic E-state index is 12.4. The fraction of sp³-hybridized carbons (Fsp3) is 0.214. The number of urea groups is 1. The summed E-state index contributed by atoms with van der Waals surface area (Å²) in [6, 6.07) is 9.24. The Morgan fingerprint density at radius 3 is 2.86 bits per heavy atom. The number of anilines is 1. The van der Waals surface area contributed by atoms with Crippen molar-refractivity contribution in [3.63, 3.8) is 0 Å². The van der Waals surface area contributed by atoms with Crippen LogP contribution in [0.25, 0.3) is 0 Å². The van der Waals surface area contributed by atoms with Gasteiger partial charge in [-0.05, 0) is 35.2 Å². The van der Waals surface area contributed by atoms with E-state index in [1.54, 1.807) is 17.8 Å². The molecule has 0 bridgehead atoms. The number of carbonyl (C=O) groups excluding carboxylic acids is 1. The molecule has 3 nitrogen and oxygen atoms in total. The maximum atomic E-state index is 12.4. The average Bonchev–Trinajstić information content (AvgIpc) is 3.12. The summed E-state index contributed by atoms with van der Waals surface area (Å²) >= 11 is 15.3. The molecule has 1 N–H and O–H groups in total. The zero-order chi connectivity index (χ0) is 14.8. The standard InChI is InChI=1S/C14H12Cl2N2OS2/c15-10-4-3-9(8-11(10)16)13-18(5-7-21-13)14(19)17-12-2-1-6-20-12/h1-4,6,8,13H,5,7H2,(H,17,19)/t13-/m1/s1. The number of thiophene rings is 1. The van der Waals surface area contributed by atoms with Crippen LogP contribution in [-0.2, 0) is 0 Å². The summed E-state index contributed by atoms with van der Waals surface area (Å²) in [6.45, 7) is 0.715. The molecule has 1 aliphatic heterocycles. The first-order chi connectivity index (χ1) is 10.1. The molecule has 21 heavy (non-hydrogen) atoms. The van der Waals surface area contributed by atoms with Crippen molar-refractivity contribution in [1.29, 1.82) is 0 Å². The molecule has 2 amide bonds. The third-order valence-corrected chi connectivity index (χ3v) is 5.92. The van der Waals surface area contributed by atoms with Crippen LogP contribution in [0.5, 0.6) is 0 Å². The highest BCUT2D eigenvalue weighted by molar-refractivity contribution is 7.99. The molecule has 7 heteroatoms. The molecule has 2 aromatic rings. The Hall–Kier alpha value is -0.880. The van der Waals surface area contributed by atoms with Gasteiger partial charge in [-0.3, -0.25) is 5.32 Å². The number of halogens is 2. The molecule has 0 spiro atoms. The summed E-state index contributed by atoms with van der Waals surface area (Å²) in [5.41, 5.74) is 0.994. The molecule has 1 fully saturated rings. The number of amides is 2. The molecule has 0 radical (unpaired) electrons. The van der Waals surface area contributed by atoms with Crippen LogP contribution in [0, 0.1) is 0 Å². The second-order valence-corrected chi connectivity index (χ2v) is 7.45. The third kappa shape index (κ3) is 3.31. The molecule has 110 valence electrons. The minimum atomic E-state index is -0.0847. The number of nitrogens with zero attached hydrogens (tertiary/aromatic N) is 1. The highest BCUT2D eigenvalue weighted by Gasteiger charge is 2.31. The lowest BCUT2D eigenvalue weighted by Gasteiger charge is -2.24. The van der Waals surface area contributed by atoms with Crippen molar-refractivity contribution in [2.24, 2.45) is 0 Å². The molecular formula is C14H12Cl2N2OS2. The Kier molecular flexibility index (Phi) is 4.64. The maximum Gasteiger partial charge on any atom is 0.323 e. The second kappa shape index (κ2) is 6.48. The highest BCUT2D eigenvalue weighted by atomic mass is 35.5. The van der Waals surface area contributed by atoms with Crippen LogP contribution in [0.15, 0.2) is 35.7 Å². The number of carbonyl (C=O) groups is 1. The Morgan fingerprint density at radius 2 is 2.14 bits per heavy atom. The van der Waals surface area contributed by atoms with Gasteiger partial charge in [-0.1, -0.05) is 29.3 Å². The van der Waals surface area contributed by atoms with Crippen molar-refractivity contribution in [3.05, 3.63) is 51.3 Å². The Labute approximate surface area is 141 Å². The molecule has 2 heterocycles. The van der Waals surface area contributed by atoms with Gasteiger partial charge in [0.25, 0.3) is 0 Å². The van der Waals surface area contributed by atoms with Gasteiger partial charge in [0.1, 0.15) is 5.37 Å². The van der Waals surface area contributed by atoms with Gasteiger partial charge in [0.05, 0.1) is 15.0 Å². The van der Waals surface area contributed by atoms with Gasteiger partial charge < -0.3 is 4.90 Å². The summed E-state index contributed by atoms with van der Waals surface area (Å²) in [4.78, 5) is 14.2.